The molecule has 1 aliphatic rings. The van der Waals surface area contributed by atoms with Gasteiger partial charge in [-0.05, 0) is 43.2 Å². The third-order valence-corrected chi connectivity index (χ3v) is 4.98. The van der Waals surface area contributed by atoms with E-state index in [0.29, 0.717) is 12.0 Å². The SMILES string of the molecule is CN=C(NCCCOc1ccccc1)NCC1(CCOC)CCCC1.I. The van der Waals surface area contributed by atoms with Gasteiger partial charge in [0.1, 0.15) is 5.75 Å². The van der Waals surface area contributed by atoms with Crippen molar-refractivity contribution in [1.29, 1.82) is 0 Å². The topological polar surface area (TPSA) is 54.9 Å². The monoisotopic (exact) mass is 475 g/mol. The van der Waals surface area contributed by atoms with Crippen LogP contribution in [-0.4, -0.2) is 46.4 Å². The summed E-state index contributed by atoms with van der Waals surface area (Å²) >= 11 is 0. The fraction of sp³-hybridized carbons (Fsp3) is 0.650. The van der Waals surface area contributed by atoms with Crippen molar-refractivity contribution in [3.8, 4) is 5.75 Å². The number of halogens is 1. The number of methoxy groups -OCH3 is 1. The first-order chi connectivity index (χ1) is 12.3. The Hall–Kier alpha value is -1.02. The molecule has 1 fully saturated rings. The van der Waals surface area contributed by atoms with Gasteiger partial charge in [-0.15, -0.1) is 24.0 Å². The molecule has 5 nitrogen and oxygen atoms in total. The highest BCUT2D eigenvalue weighted by Gasteiger charge is 2.33. The molecule has 0 spiro atoms. The maximum absolute atomic E-state index is 5.71. The largest absolute Gasteiger partial charge is 0.494 e. The Morgan fingerprint density at radius 3 is 2.50 bits per heavy atom. The molecule has 0 unspecified atom stereocenters. The van der Waals surface area contributed by atoms with Crippen molar-refractivity contribution in [3.63, 3.8) is 0 Å². The average Bonchev–Trinajstić information content (AvgIpc) is 3.12. The van der Waals surface area contributed by atoms with Crippen LogP contribution in [0, 0.1) is 5.41 Å². The van der Waals surface area contributed by atoms with E-state index in [9.17, 15) is 0 Å². The zero-order valence-electron chi connectivity index (χ0n) is 16.1. The van der Waals surface area contributed by atoms with E-state index in [2.05, 4.69) is 15.6 Å². The zero-order valence-corrected chi connectivity index (χ0v) is 18.5. The molecular formula is C20H34IN3O2. The first-order valence-electron chi connectivity index (χ1n) is 9.39. The quantitative estimate of drug-likeness (QED) is 0.234. The highest BCUT2D eigenvalue weighted by molar-refractivity contribution is 14.0. The van der Waals surface area contributed by atoms with E-state index in [1.54, 1.807) is 7.11 Å². The van der Waals surface area contributed by atoms with E-state index in [4.69, 9.17) is 9.47 Å². The molecule has 0 saturated heterocycles. The molecule has 2 rings (SSSR count). The van der Waals surface area contributed by atoms with Gasteiger partial charge in [0.2, 0.25) is 0 Å². The van der Waals surface area contributed by atoms with E-state index < -0.39 is 0 Å². The number of nitrogens with zero attached hydrogens (tertiary/aromatic N) is 1. The molecule has 0 atom stereocenters. The van der Waals surface area contributed by atoms with Crippen LogP contribution in [0.25, 0.3) is 0 Å². The first kappa shape index (κ1) is 23.0. The third-order valence-electron chi connectivity index (χ3n) is 4.98. The van der Waals surface area contributed by atoms with Crippen molar-refractivity contribution in [1.82, 2.24) is 10.6 Å². The van der Waals surface area contributed by atoms with Crippen LogP contribution in [0.2, 0.25) is 0 Å². The standard InChI is InChI=1S/C20H33N3O2.HI/c1-21-19(22-14-8-15-25-18-9-4-3-5-10-18)23-17-20(13-16-24-2)11-6-7-12-20;/h3-5,9-10H,6-8,11-17H2,1-2H3,(H2,21,22,23);1H. The molecule has 0 heterocycles. The van der Waals surface area contributed by atoms with Gasteiger partial charge >= 0.3 is 0 Å². The number of benzene rings is 1. The summed E-state index contributed by atoms with van der Waals surface area (Å²) < 4.78 is 11.0. The molecule has 6 heteroatoms. The highest BCUT2D eigenvalue weighted by Crippen LogP contribution is 2.40. The fourth-order valence-corrected chi connectivity index (χ4v) is 3.44. The van der Waals surface area contributed by atoms with Crippen molar-refractivity contribution < 1.29 is 9.47 Å². The number of rotatable bonds is 10. The Labute approximate surface area is 175 Å². The predicted molar refractivity (Wildman–Crippen MR) is 119 cm³/mol. The lowest BCUT2D eigenvalue weighted by atomic mass is 9.83. The summed E-state index contributed by atoms with van der Waals surface area (Å²) in [6.07, 6.45) is 7.28. The van der Waals surface area contributed by atoms with Crippen LogP contribution in [-0.2, 0) is 4.74 Å². The van der Waals surface area contributed by atoms with Crippen LogP contribution in [0.5, 0.6) is 5.75 Å². The number of guanidine groups is 1. The normalized spacial score (nSPS) is 16.0. The summed E-state index contributed by atoms with van der Waals surface area (Å²) in [5, 5.41) is 6.89. The Kier molecular flexibility index (Phi) is 11.7. The number of nitrogens with one attached hydrogen (secondary N) is 2. The van der Waals surface area contributed by atoms with E-state index in [-0.39, 0.29) is 24.0 Å². The van der Waals surface area contributed by atoms with Gasteiger partial charge in [-0.2, -0.15) is 0 Å². The Morgan fingerprint density at radius 1 is 1.12 bits per heavy atom. The molecule has 1 saturated carbocycles. The number of ether oxygens (including phenoxy) is 2. The first-order valence-corrected chi connectivity index (χ1v) is 9.39. The highest BCUT2D eigenvalue weighted by atomic mass is 127. The molecule has 148 valence electrons. The van der Waals surface area contributed by atoms with Crippen LogP contribution >= 0.6 is 24.0 Å². The molecule has 26 heavy (non-hydrogen) atoms. The molecule has 0 radical (unpaired) electrons. The van der Waals surface area contributed by atoms with Crippen LogP contribution in [0.4, 0.5) is 0 Å². The van der Waals surface area contributed by atoms with Crippen molar-refractivity contribution in [2.24, 2.45) is 10.4 Å². The number of hydrogen-bond acceptors (Lipinski definition) is 3. The summed E-state index contributed by atoms with van der Waals surface area (Å²) in [6.45, 7) is 3.35. The number of hydrogen-bond donors (Lipinski definition) is 2. The van der Waals surface area contributed by atoms with Gasteiger partial charge < -0.3 is 20.1 Å². The zero-order chi connectivity index (χ0) is 17.8. The van der Waals surface area contributed by atoms with Crippen molar-refractivity contribution in [2.45, 2.75) is 38.5 Å². The lowest BCUT2D eigenvalue weighted by Crippen LogP contribution is -2.43. The van der Waals surface area contributed by atoms with Gasteiger partial charge in [0, 0.05) is 33.9 Å². The van der Waals surface area contributed by atoms with Crippen molar-refractivity contribution in [3.05, 3.63) is 30.3 Å². The van der Waals surface area contributed by atoms with Crippen LogP contribution in [0.15, 0.2) is 35.3 Å². The third kappa shape index (κ3) is 8.12. The fourth-order valence-electron chi connectivity index (χ4n) is 3.44. The van der Waals surface area contributed by atoms with Crippen molar-refractivity contribution >= 4 is 29.9 Å². The van der Waals surface area contributed by atoms with Gasteiger partial charge in [-0.25, -0.2) is 0 Å². The van der Waals surface area contributed by atoms with Gasteiger partial charge in [0.15, 0.2) is 5.96 Å². The summed E-state index contributed by atoms with van der Waals surface area (Å²) in [4.78, 5) is 4.34. The molecule has 1 aromatic carbocycles. The second kappa shape index (κ2) is 13.2. The smallest absolute Gasteiger partial charge is 0.190 e. The Bertz CT molecular complexity index is 505. The molecule has 0 amide bonds. The van der Waals surface area contributed by atoms with E-state index in [0.717, 1.165) is 44.2 Å². The second-order valence-electron chi connectivity index (χ2n) is 6.82. The van der Waals surface area contributed by atoms with Crippen LogP contribution in [0.3, 0.4) is 0 Å². The van der Waals surface area contributed by atoms with Crippen LogP contribution in [0.1, 0.15) is 38.5 Å². The molecular weight excluding hydrogens is 441 g/mol. The molecule has 0 aliphatic heterocycles. The van der Waals surface area contributed by atoms with Gasteiger partial charge in [-0.1, -0.05) is 31.0 Å². The summed E-state index contributed by atoms with van der Waals surface area (Å²) in [7, 11) is 3.61. The Morgan fingerprint density at radius 2 is 1.85 bits per heavy atom. The summed E-state index contributed by atoms with van der Waals surface area (Å²) in [6, 6.07) is 9.93. The van der Waals surface area contributed by atoms with E-state index >= 15 is 0 Å². The summed E-state index contributed by atoms with van der Waals surface area (Å²) in [5.74, 6) is 1.80. The maximum atomic E-state index is 5.71. The van der Waals surface area contributed by atoms with E-state index in [1.807, 2.05) is 37.4 Å². The molecule has 1 aliphatic carbocycles. The molecule has 1 aromatic rings. The van der Waals surface area contributed by atoms with E-state index in [1.165, 1.54) is 25.7 Å². The average molecular weight is 475 g/mol. The minimum Gasteiger partial charge on any atom is -0.494 e. The number of aliphatic imine (C=N–C) groups is 1. The molecule has 0 aromatic heterocycles. The lowest BCUT2D eigenvalue weighted by molar-refractivity contribution is 0.138. The molecule has 2 N–H and O–H groups in total. The van der Waals surface area contributed by atoms with Crippen molar-refractivity contribution in [2.75, 3.05) is 40.5 Å². The minimum atomic E-state index is 0. The van der Waals surface area contributed by atoms with Gasteiger partial charge in [0.25, 0.3) is 0 Å². The lowest BCUT2D eigenvalue weighted by Gasteiger charge is -2.30. The molecule has 0 bridgehead atoms. The Balaban J connectivity index is 0.00000338. The number of para-hydroxylation sites is 1. The maximum Gasteiger partial charge on any atom is 0.190 e. The summed E-state index contributed by atoms with van der Waals surface area (Å²) in [5.41, 5.74) is 0.365. The minimum absolute atomic E-state index is 0. The predicted octanol–water partition coefficient (Wildman–Crippen LogP) is 3.84. The van der Waals surface area contributed by atoms with Gasteiger partial charge in [-0.3, -0.25) is 4.99 Å². The van der Waals surface area contributed by atoms with Gasteiger partial charge in [0.05, 0.1) is 6.61 Å². The van der Waals surface area contributed by atoms with Crippen LogP contribution < -0.4 is 15.4 Å². The second-order valence-corrected chi connectivity index (χ2v) is 6.82.